The van der Waals surface area contributed by atoms with Gasteiger partial charge >= 0.3 is 6.18 Å². The summed E-state index contributed by atoms with van der Waals surface area (Å²) in [5.41, 5.74) is 5.47. The van der Waals surface area contributed by atoms with Crippen LogP contribution in [-0.2, 0) is 4.74 Å². The summed E-state index contributed by atoms with van der Waals surface area (Å²) in [4.78, 5) is 1.41. The molecule has 3 unspecified atom stereocenters. The first-order chi connectivity index (χ1) is 7.86. The van der Waals surface area contributed by atoms with Gasteiger partial charge in [-0.05, 0) is 33.2 Å². The van der Waals surface area contributed by atoms with Crippen molar-refractivity contribution in [2.24, 2.45) is 5.73 Å². The Morgan fingerprint density at radius 1 is 1.47 bits per heavy atom. The van der Waals surface area contributed by atoms with E-state index in [0.717, 1.165) is 12.8 Å². The van der Waals surface area contributed by atoms with Crippen molar-refractivity contribution in [3.8, 4) is 0 Å². The van der Waals surface area contributed by atoms with Gasteiger partial charge in [-0.2, -0.15) is 13.2 Å². The summed E-state index contributed by atoms with van der Waals surface area (Å²) >= 11 is 0. The summed E-state index contributed by atoms with van der Waals surface area (Å²) in [6.45, 7) is 4.55. The first-order valence-corrected chi connectivity index (χ1v) is 6.04. The number of hydrogen-bond acceptors (Lipinski definition) is 3. The Morgan fingerprint density at radius 3 is 2.59 bits per heavy atom. The van der Waals surface area contributed by atoms with Crippen LogP contribution in [0, 0.1) is 0 Å². The fraction of sp³-hybridized carbons (Fsp3) is 1.00. The normalized spacial score (nSPS) is 26.8. The molecule has 3 nitrogen and oxygen atoms in total. The first kappa shape index (κ1) is 14.7. The third-order valence-electron chi connectivity index (χ3n) is 3.04. The molecule has 6 heteroatoms. The molecule has 0 aromatic carbocycles. The van der Waals surface area contributed by atoms with Crippen molar-refractivity contribution < 1.29 is 17.9 Å². The number of piperidine rings is 1. The number of hydrogen-bond donors (Lipinski definition) is 1. The lowest BCUT2D eigenvalue weighted by atomic mass is 10.0. The lowest BCUT2D eigenvalue weighted by Crippen LogP contribution is -2.58. The van der Waals surface area contributed by atoms with Crippen molar-refractivity contribution in [1.82, 2.24) is 4.90 Å². The molecular formula is C11H21F3N2O. The van der Waals surface area contributed by atoms with Crippen LogP contribution in [0.2, 0.25) is 0 Å². The van der Waals surface area contributed by atoms with Gasteiger partial charge in [0.25, 0.3) is 0 Å². The molecule has 1 fully saturated rings. The summed E-state index contributed by atoms with van der Waals surface area (Å²) in [6, 6.07) is -2.49. The third kappa shape index (κ3) is 4.12. The minimum Gasteiger partial charge on any atom is -0.377 e. The molecular weight excluding hydrogens is 233 g/mol. The van der Waals surface area contributed by atoms with Crippen LogP contribution in [0.15, 0.2) is 0 Å². The molecule has 1 rings (SSSR count). The lowest BCUT2D eigenvalue weighted by Gasteiger charge is -2.40. The van der Waals surface area contributed by atoms with Gasteiger partial charge < -0.3 is 10.5 Å². The van der Waals surface area contributed by atoms with E-state index >= 15 is 0 Å². The largest absolute Gasteiger partial charge is 0.405 e. The molecule has 0 aromatic rings. The van der Waals surface area contributed by atoms with Crippen LogP contribution >= 0.6 is 0 Å². The van der Waals surface area contributed by atoms with E-state index in [1.807, 2.05) is 6.92 Å². The smallest absolute Gasteiger partial charge is 0.377 e. The zero-order valence-electron chi connectivity index (χ0n) is 10.3. The van der Waals surface area contributed by atoms with Crippen molar-refractivity contribution in [1.29, 1.82) is 0 Å². The Balaban J connectivity index is 2.68. The van der Waals surface area contributed by atoms with Crippen LogP contribution < -0.4 is 5.73 Å². The van der Waals surface area contributed by atoms with E-state index in [0.29, 0.717) is 19.7 Å². The Morgan fingerprint density at radius 2 is 2.12 bits per heavy atom. The van der Waals surface area contributed by atoms with Gasteiger partial charge in [0, 0.05) is 19.2 Å². The maximum atomic E-state index is 12.9. The molecule has 1 aliphatic heterocycles. The molecule has 0 saturated carbocycles. The number of likely N-dealkylation sites (tertiary alicyclic amines) is 1. The number of rotatable bonds is 4. The molecule has 0 bridgehead atoms. The summed E-state index contributed by atoms with van der Waals surface area (Å²) < 4.78 is 44.1. The first-order valence-electron chi connectivity index (χ1n) is 6.04. The van der Waals surface area contributed by atoms with Crippen LogP contribution in [-0.4, -0.2) is 49.0 Å². The highest BCUT2D eigenvalue weighted by Crippen LogP contribution is 2.29. The van der Waals surface area contributed by atoms with Gasteiger partial charge in [0.05, 0.1) is 6.10 Å². The standard InChI is InChI=1S/C11H21F3N2O/c1-3-17-9-5-4-6-16(7-9)10(8(2)15)11(12,13)14/h8-10H,3-7,15H2,1-2H3. The van der Waals surface area contributed by atoms with E-state index in [1.54, 1.807) is 0 Å². The van der Waals surface area contributed by atoms with E-state index in [1.165, 1.54) is 11.8 Å². The van der Waals surface area contributed by atoms with E-state index in [9.17, 15) is 13.2 Å². The monoisotopic (exact) mass is 254 g/mol. The number of nitrogens with zero attached hydrogens (tertiary/aromatic N) is 1. The van der Waals surface area contributed by atoms with Crippen LogP contribution in [0.3, 0.4) is 0 Å². The second kappa shape index (κ2) is 6.02. The molecule has 1 saturated heterocycles. The highest BCUT2D eigenvalue weighted by Gasteiger charge is 2.46. The van der Waals surface area contributed by atoms with E-state index in [4.69, 9.17) is 10.5 Å². The van der Waals surface area contributed by atoms with Gasteiger partial charge in [-0.3, -0.25) is 4.90 Å². The number of halogens is 3. The predicted molar refractivity (Wildman–Crippen MR) is 59.7 cm³/mol. The molecule has 0 spiro atoms. The van der Waals surface area contributed by atoms with Gasteiger partial charge in [0.2, 0.25) is 0 Å². The highest BCUT2D eigenvalue weighted by molar-refractivity contribution is 4.89. The summed E-state index contributed by atoms with van der Waals surface area (Å²) in [5.74, 6) is 0. The van der Waals surface area contributed by atoms with Crippen molar-refractivity contribution in [3.63, 3.8) is 0 Å². The average molecular weight is 254 g/mol. The molecule has 0 amide bonds. The topological polar surface area (TPSA) is 38.5 Å². The Bertz CT molecular complexity index is 231. The Hall–Kier alpha value is -0.330. The SMILES string of the molecule is CCOC1CCCN(C(C(C)N)C(F)(F)F)C1. The van der Waals surface area contributed by atoms with Gasteiger partial charge in [0.15, 0.2) is 0 Å². The van der Waals surface area contributed by atoms with E-state index < -0.39 is 18.3 Å². The van der Waals surface area contributed by atoms with Gasteiger partial charge in [-0.1, -0.05) is 0 Å². The lowest BCUT2D eigenvalue weighted by molar-refractivity contribution is -0.195. The average Bonchev–Trinajstić information content (AvgIpc) is 2.15. The minimum absolute atomic E-state index is 0.0997. The summed E-state index contributed by atoms with van der Waals surface area (Å²) in [5, 5.41) is 0. The molecule has 102 valence electrons. The van der Waals surface area contributed by atoms with Crippen molar-refractivity contribution in [3.05, 3.63) is 0 Å². The molecule has 3 atom stereocenters. The number of alkyl halides is 3. The van der Waals surface area contributed by atoms with E-state index in [2.05, 4.69) is 0 Å². The second-order valence-corrected chi connectivity index (χ2v) is 4.56. The quantitative estimate of drug-likeness (QED) is 0.831. The summed E-state index contributed by atoms with van der Waals surface area (Å²) in [6.07, 6.45) is -2.82. The van der Waals surface area contributed by atoms with Crippen LogP contribution in [0.4, 0.5) is 13.2 Å². The zero-order chi connectivity index (χ0) is 13.1. The molecule has 1 heterocycles. The van der Waals surface area contributed by atoms with Crippen LogP contribution in [0.5, 0.6) is 0 Å². The molecule has 17 heavy (non-hydrogen) atoms. The molecule has 0 aromatic heterocycles. The molecule has 1 aliphatic rings. The zero-order valence-corrected chi connectivity index (χ0v) is 10.3. The number of ether oxygens (including phenoxy) is 1. The minimum atomic E-state index is -4.28. The molecule has 2 N–H and O–H groups in total. The third-order valence-corrected chi connectivity index (χ3v) is 3.04. The van der Waals surface area contributed by atoms with E-state index in [-0.39, 0.29) is 6.10 Å². The maximum Gasteiger partial charge on any atom is 0.405 e. The second-order valence-electron chi connectivity index (χ2n) is 4.56. The van der Waals surface area contributed by atoms with Gasteiger partial charge in [-0.25, -0.2) is 0 Å². The molecule has 0 radical (unpaired) electrons. The fourth-order valence-corrected chi connectivity index (χ4v) is 2.43. The predicted octanol–water partition coefficient (Wildman–Crippen LogP) is 1.77. The van der Waals surface area contributed by atoms with Crippen molar-refractivity contribution >= 4 is 0 Å². The van der Waals surface area contributed by atoms with Crippen LogP contribution in [0.1, 0.15) is 26.7 Å². The van der Waals surface area contributed by atoms with Crippen LogP contribution in [0.25, 0.3) is 0 Å². The number of nitrogens with two attached hydrogens (primary N) is 1. The highest BCUT2D eigenvalue weighted by atomic mass is 19.4. The van der Waals surface area contributed by atoms with Gasteiger partial charge in [0.1, 0.15) is 6.04 Å². The van der Waals surface area contributed by atoms with Crippen molar-refractivity contribution in [2.75, 3.05) is 19.7 Å². The Labute approximate surface area is 100 Å². The van der Waals surface area contributed by atoms with Gasteiger partial charge in [-0.15, -0.1) is 0 Å². The Kier molecular flexibility index (Phi) is 5.22. The maximum absolute atomic E-state index is 12.9. The molecule has 0 aliphatic carbocycles. The van der Waals surface area contributed by atoms with Crippen molar-refractivity contribution in [2.45, 2.75) is 51.1 Å². The summed E-state index contributed by atoms with van der Waals surface area (Å²) in [7, 11) is 0. The fourth-order valence-electron chi connectivity index (χ4n) is 2.43.